The number of ether oxygens (including phenoxy) is 1. The van der Waals surface area contributed by atoms with E-state index < -0.39 is 0 Å². The Hall–Kier alpha value is -0.620. The summed E-state index contributed by atoms with van der Waals surface area (Å²) in [4.78, 5) is 6.39. The standard InChI is InChI=1S/C10H17ClN4O/c1-14-7-13-10(11)9(14)8(6-12)15-2-4-16-5-3-15/h7-8H,2-6,12H2,1H3. The average Bonchev–Trinajstić information content (AvgIpc) is 2.63. The molecule has 0 aromatic carbocycles. The maximum Gasteiger partial charge on any atom is 0.151 e. The molecule has 1 saturated heterocycles. The molecule has 16 heavy (non-hydrogen) atoms. The molecule has 1 aliphatic heterocycles. The molecule has 0 bridgehead atoms. The van der Waals surface area contributed by atoms with E-state index in [-0.39, 0.29) is 6.04 Å². The van der Waals surface area contributed by atoms with Gasteiger partial charge in [0.05, 0.1) is 31.3 Å². The molecular weight excluding hydrogens is 228 g/mol. The molecule has 0 radical (unpaired) electrons. The minimum atomic E-state index is 0.129. The van der Waals surface area contributed by atoms with Gasteiger partial charge in [-0.15, -0.1) is 0 Å². The third kappa shape index (κ3) is 2.22. The van der Waals surface area contributed by atoms with E-state index in [1.54, 1.807) is 6.33 Å². The maximum atomic E-state index is 6.09. The molecule has 90 valence electrons. The number of aromatic nitrogens is 2. The molecular formula is C10H17ClN4O. The van der Waals surface area contributed by atoms with E-state index in [0.717, 1.165) is 32.0 Å². The molecule has 1 aromatic rings. The fraction of sp³-hybridized carbons (Fsp3) is 0.700. The predicted octanol–water partition coefficient (Wildman–Crippen LogP) is 0.405. The predicted molar refractivity (Wildman–Crippen MR) is 62.4 cm³/mol. The average molecular weight is 245 g/mol. The second-order valence-electron chi connectivity index (χ2n) is 3.93. The van der Waals surface area contributed by atoms with Crippen LogP contribution in [0, 0.1) is 0 Å². The summed E-state index contributed by atoms with van der Waals surface area (Å²) in [7, 11) is 1.94. The summed E-state index contributed by atoms with van der Waals surface area (Å²) in [6, 6.07) is 0.129. The molecule has 0 amide bonds. The van der Waals surface area contributed by atoms with Crippen LogP contribution in [0.2, 0.25) is 5.15 Å². The van der Waals surface area contributed by atoms with Crippen LogP contribution in [-0.2, 0) is 11.8 Å². The molecule has 2 heterocycles. The molecule has 0 aliphatic carbocycles. The Bertz CT molecular complexity index is 329. The molecule has 2 rings (SSSR count). The number of nitrogens with zero attached hydrogens (tertiary/aromatic N) is 3. The van der Waals surface area contributed by atoms with Crippen LogP contribution in [0.15, 0.2) is 6.33 Å². The summed E-state index contributed by atoms with van der Waals surface area (Å²) < 4.78 is 7.27. The van der Waals surface area contributed by atoms with Crippen LogP contribution in [0.1, 0.15) is 11.7 Å². The summed E-state index contributed by atoms with van der Waals surface area (Å²) in [5.74, 6) is 0. The van der Waals surface area contributed by atoms with Crippen molar-refractivity contribution in [3.63, 3.8) is 0 Å². The Kier molecular flexibility index (Phi) is 3.81. The summed E-state index contributed by atoms with van der Waals surface area (Å²) in [6.45, 7) is 3.84. The zero-order valence-corrected chi connectivity index (χ0v) is 10.2. The summed E-state index contributed by atoms with van der Waals surface area (Å²) in [5.41, 5.74) is 6.84. The van der Waals surface area contributed by atoms with E-state index in [0.29, 0.717) is 11.7 Å². The Balaban J connectivity index is 2.21. The lowest BCUT2D eigenvalue weighted by atomic mass is 10.1. The van der Waals surface area contributed by atoms with Crippen molar-refractivity contribution in [1.82, 2.24) is 14.5 Å². The number of halogens is 1. The quantitative estimate of drug-likeness (QED) is 0.837. The van der Waals surface area contributed by atoms with E-state index in [9.17, 15) is 0 Å². The lowest BCUT2D eigenvalue weighted by Crippen LogP contribution is -2.42. The third-order valence-corrected chi connectivity index (χ3v) is 3.25. The Morgan fingerprint density at radius 1 is 1.56 bits per heavy atom. The summed E-state index contributed by atoms with van der Waals surface area (Å²) in [6.07, 6.45) is 1.72. The number of aryl methyl sites for hydroxylation is 1. The van der Waals surface area contributed by atoms with Gasteiger partial charge in [-0.1, -0.05) is 11.6 Å². The van der Waals surface area contributed by atoms with Crippen molar-refractivity contribution < 1.29 is 4.74 Å². The van der Waals surface area contributed by atoms with Gasteiger partial charge in [-0.3, -0.25) is 4.90 Å². The van der Waals surface area contributed by atoms with Gasteiger partial charge in [0.2, 0.25) is 0 Å². The Morgan fingerprint density at radius 3 is 2.75 bits per heavy atom. The van der Waals surface area contributed by atoms with Crippen molar-refractivity contribution >= 4 is 11.6 Å². The highest BCUT2D eigenvalue weighted by Gasteiger charge is 2.25. The highest BCUT2D eigenvalue weighted by atomic mass is 35.5. The van der Waals surface area contributed by atoms with Gasteiger partial charge >= 0.3 is 0 Å². The smallest absolute Gasteiger partial charge is 0.151 e. The lowest BCUT2D eigenvalue weighted by molar-refractivity contribution is 0.0165. The van der Waals surface area contributed by atoms with Gasteiger partial charge < -0.3 is 15.0 Å². The normalized spacial score (nSPS) is 19.9. The van der Waals surface area contributed by atoms with E-state index in [4.69, 9.17) is 22.1 Å². The molecule has 1 aliphatic rings. The number of rotatable bonds is 3. The first-order chi connectivity index (χ1) is 7.74. The van der Waals surface area contributed by atoms with Gasteiger partial charge in [-0.05, 0) is 0 Å². The zero-order valence-electron chi connectivity index (χ0n) is 9.40. The van der Waals surface area contributed by atoms with Crippen molar-refractivity contribution in [2.75, 3.05) is 32.8 Å². The maximum absolute atomic E-state index is 6.09. The minimum absolute atomic E-state index is 0.129. The van der Waals surface area contributed by atoms with E-state index in [1.807, 2.05) is 11.6 Å². The van der Waals surface area contributed by atoms with Gasteiger partial charge in [0.15, 0.2) is 5.15 Å². The molecule has 1 aromatic heterocycles. The Morgan fingerprint density at radius 2 is 2.25 bits per heavy atom. The van der Waals surface area contributed by atoms with Crippen LogP contribution in [0.5, 0.6) is 0 Å². The fourth-order valence-corrected chi connectivity index (χ4v) is 2.41. The zero-order chi connectivity index (χ0) is 11.5. The second-order valence-corrected chi connectivity index (χ2v) is 4.29. The number of imidazole rings is 1. The third-order valence-electron chi connectivity index (χ3n) is 2.96. The van der Waals surface area contributed by atoms with Crippen molar-refractivity contribution in [1.29, 1.82) is 0 Å². The van der Waals surface area contributed by atoms with Gasteiger partial charge in [0.1, 0.15) is 0 Å². The van der Waals surface area contributed by atoms with Crippen LogP contribution >= 0.6 is 11.6 Å². The van der Waals surface area contributed by atoms with Crippen molar-refractivity contribution in [3.8, 4) is 0 Å². The summed E-state index contributed by atoms with van der Waals surface area (Å²) >= 11 is 6.09. The van der Waals surface area contributed by atoms with Crippen LogP contribution in [0.4, 0.5) is 0 Å². The second kappa shape index (κ2) is 5.14. The van der Waals surface area contributed by atoms with Crippen LogP contribution < -0.4 is 5.73 Å². The number of hydrogen-bond acceptors (Lipinski definition) is 4. The van der Waals surface area contributed by atoms with E-state index in [1.165, 1.54) is 0 Å². The molecule has 5 nitrogen and oxygen atoms in total. The van der Waals surface area contributed by atoms with Crippen LogP contribution in [-0.4, -0.2) is 47.3 Å². The minimum Gasteiger partial charge on any atom is -0.379 e. The number of nitrogens with two attached hydrogens (primary N) is 1. The van der Waals surface area contributed by atoms with Crippen molar-refractivity contribution in [3.05, 3.63) is 17.2 Å². The molecule has 1 unspecified atom stereocenters. The molecule has 1 fully saturated rings. The van der Waals surface area contributed by atoms with Gasteiger partial charge in [0, 0.05) is 26.7 Å². The first kappa shape index (κ1) is 11.9. The largest absolute Gasteiger partial charge is 0.379 e. The van der Waals surface area contributed by atoms with E-state index >= 15 is 0 Å². The first-order valence-corrected chi connectivity index (χ1v) is 5.80. The van der Waals surface area contributed by atoms with Crippen molar-refractivity contribution in [2.45, 2.75) is 6.04 Å². The Labute approximate surface area is 100 Å². The number of morpholine rings is 1. The monoisotopic (exact) mass is 244 g/mol. The SMILES string of the molecule is Cn1cnc(Cl)c1C(CN)N1CCOCC1. The van der Waals surface area contributed by atoms with Crippen molar-refractivity contribution in [2.24, 2.45) is 12.8 Å². The summed E-state index contributed by atoms with van der Waals surface area (Å²) in [5, 5.41) is 0.546. The van der Waals surface area contributed by atoms with E-state index in [2.05, 4.69) is 9.88 Å². The fourth-order valence-electron chi connectivity index (χ4n) is 2.11. The first-order valence-electron chi connectivity index (χ1n) is 5.42. The topological polar surface area (TPSA) is 56.3 Å². The molecule has 0 saturated carbocycles. The van der Waals surface area contributed by atoms with Gasteiger partial charge in [0.25, 0.3) is 0 Å². The number of hydrogen-bond donors (Lipinski definition) is 1. The highest BCUT2D eigenvalue weighted by Crippen LogP contribution is 2.26. The molecule has 6 heteroatoms. The molecule has 0 spiro atoms. The van der Waals surface area contributed by atoms with Crippen LogP contribution in [0.25, 0.3) is 0 Å². The van der Waals surface area contributed by atoms with Gasteiger partial charge in [-0.25, -0.2) is 4.98 Å². The van der Waals surface area contributed by atoms with Gasteiger partial charge in [-0.2, -0.15) is 0 Å². The van der Waals surface area contributed by atoms with Crippen LogP contribution in [0.3, 0.4) is 0 Å². The highest BCUT2D eigenvalue weighted by molar-refractivity contribution is 6.30. The molecule has 1 atom stereocenters. The molecule has 2 N–H and O–H groups in total. The lowest BCUT2D eigenvalue weighted by Gasteiger charge is -2.33.